The third-order valence-corrected chi connectivity index (χ3v) is 4.96. The van der Waals surface area contributed by atoms with Crippen molar-refractivity contribution in [3.63, 3.8) is 0 Å². The SMILES string of the molecule is CCCCCCC(C)NC(C)c1ccc(S(C)(=O)=O)cc1. The van der Waals surface area contributed by atoms with Gasteiger partial charge < -0.3 is 5.32 Å². The topological polar surface area (TPSA) is 46.2 Å². The van der Waals surface area contributed by atoms with E-state index in [0.717, 1.165) is 5.56 Å². The van der Waals surface area contributed by atoms with Crippen molar-refractivity contribution < 1.29 is 8.42 Å². The number of hydrogen-bond donors (Lipinski definition) is 1. The molecule has 0 saturated carbocycles. The van der Waals surface area contributed by atoms with Crippen molar-refractivity contribution in [2.24, 2.45) is 0 Å². The minimum absolute atomic E-state index is 0.236. The van der Waals surface area contributed by atoms with Gasteiger partial charge in [-0.05, 0) is 38.0 Å². The van der Waals surface area contributed by atoms with Gasteiger partial charge in [-0.2, -0.15) is 0 Å². The number of sulfone groups is 1. The summed E-state index contributed by atoms with van der Waals surface area (Å²) in [4.78, 5) is 0.381. The molecular weight excluding hydrogens is 282 g/mol. The second-order valence-electron chi connectivity index (χ2n) is 5.98. The van der Waals surface area contributed by atoms with Crippen molar-refractivity contribution in [3.05, 3.63) is 29.8 Å². The van der Waals surface area contributed by atoms with E-state index in [9.17, 15) is 8.42 Å². The standard InChI is InChI=1S/C17H29NO2S/c1-5-6-7-8-9-14(2)18-15(3)16-10-12-17(13-11-16)21(4,19)20/h10-15,18H,5-9H2,1-4H3. The van der Waals surface area contributed by atoms with E-state index in [0.29, 0.717) is 10.9 Å². The first-order valence-corrected chi connectivity index (χ1v) is 9.79. The molecule has 1 aromatic rings. The third kappa shape index (κ3) is 6.62. The average molecular weight is 311 g/mol. The van der Waals surface area contributed by atoms with Crippen LogP contribution in [0, 0.1) is 0 Å². The maximum absolute atomic E-state index is 11.4. The summed E-state index contributed by atoms with van der Waals surface area (Å²) in [5.41, 5.74) is 1.13. The van der Waals surface area contributed by atoms with Crippen molar-refractivity contribution in [1.29, 1.82) is 0 Å². The van der Waals surface area contributed by atoms with E-state index in [4.69, 9.17) is 0 Å². The van der Waals surface area contributed by atoms with Gasteiger partial charge in [-0.25, -0.2) is 8.42 Å². The van der Waals surface area contributed by atoms with Crippen molar-refractivity contribution in [1.82, 2.24) is 5.32 Å². The van der Waals surface area contributed by atoms with Crippen LogP contribution in [0.25, 0.3) is 0 Å². The van der Waals surface area contributed by atoms with Gasteiger partial charge in [-0.3, -0.25) is 0 Å². The number of unbranched alkanes of at least 4 members (excludes halogenated alkanes) is 3. The molecule has 1 N–H and O–H groups in total. The molecule has 0 spiro atoms. The van der Waals surface area contributed by atoms with E-state index in [-0.39, 0.29) is 6.04 Å². The lowest BCUT2D eigenvalue weighted by molar-refractivity contribution is 0.438. The quantitative estimate of drug-likeness (QED) is 0.698. The minimum atomic E-state index is -3.11. The van der Waals surface area contributed by atoms with Crippen LogP contribution < -0.4 is 5.32 Å². The van der Waals surface area contributed by atoms with Crippen LogP contribution in [0.2, 0.25) is 0 Å². The Hall–Kier alpha value is -0.870. The molecule has 1 aromatic carbocycles. The van der Waals surface area contributed by atoms with Crippen LogP contribution in [0.3, 0.4) is 0 Å². The smallest absolute Gasteiger partial charge is 0.175 e. The highest BCUT2D eigenvalue weighted by molar-refractivity contribution is 7.90. The fraction of sp³-hybridized carbons (Fsp3) is 0.647. The summed E-state index contributed by atoms with van der Waals surface area (Å²) in [7, 11) is -3.11. The lowest BCUT2D eigenvalue weighted by Gasteiger charge is -2.20. The molecule has 0 heterocycles. The maximum Gasteiger partial charge on any atom is 0.175 e. The first-order chi connectivity index (χ1) is 9.84. The molecule has 0 aliphatic carbocycles. The monoisotopic (exact) mass is 311 g/mol. The summed E-state index contributed by atoms with van der Waals surface area (Å²) in [5.74, 6) is 0. The highest BCUT2D eigenvalue weighted by Gasteiger charge is 2.11. The molecule has 0 aliphatic rings. The zero-order chi connectivity index (χ0) is 15.9. The highest BCUT2D eigenvalue weighted by Crippen LogP contribution is 2.17. The molecule has 0 aromatic heterocycles. The van der Waals surface area contributed by atoms with Gasteiger partial charge in [0, 0.05) is 18.3 Å². The first kappa shape index (κ1) is 18.2. The Labute approximate surface area is 130 Å². The lowest BCUT2D eigenvalue weighted by atomic mass is 10.0. The predicted octanol–water partition coefficient (Wildman–Crippen LogP) is 4.10. The van der Waals surface area contributed by atoms with E-state index in [1.807, 2.05) is 12.1 Å². The summed E-state index contributed by atoms with van der Waals surface area (Å²) in [6.07, 6.45) is 7.58. The van der Waals surface area contributed by atoms with Gasteiger partial charge in [0.1, 0.15) is 0 Å². The second-order valence-corrected chi connectivity index (χ2v) is 8.00. The number of hydrogen-bond acceptors (Lipinski definition) is 3. The summed E-state index contributed by atoms with van der Waals surface area (Å²) in [5, 5.41) is 3.58. The maximum atomic E-state index is 11.4. The van der Waals surface area contributed by atoms with Gasteiger partial charge in [0.15, 0.2) is 9.84 Å². The van der Waals surface area contributed by atoms with Crippen molar-refractivity contribution in [3.8, 4) is 0 Å². The molecule has 0 radical (unpaired) electrons. The van der Waals surface area contributed by atoms with Gasteiger partial charge in [0.25, 0.3) is 0 Å². The molecule has 1 rings (SSSR count). The number of benzene rings is 1. The summed E-state index contributed by atoms with van der Waals surface area (Å²) >= 11 is 0. The zero-order valence-electron chi connectivity index (χ0n) is 13.7. The van der Waals surface area contributed by atoms with Gasteiger partial charge in [0.2, 0.25) is 0 Å². The first-order valence-electron chi connectivity index (χ1n) is 7.90. The lowest BCUT2D eigenvalue weighted by Crippen LogP contribution is -2.28. The Morgan fingerprint density at radius 1 is 1.05 bits per heavy atom. The Morgan fingerprint density at radius 3 is 2.19 bits per heavy atom. The van der Waals surface area contributed by atoms with Crippen molar-refractivity contribution in [2.75, 3.05) is 6.26 Å². The number of rotatable bonds is 9. The van der Waals surface area contributed by atoms with E-state index in [1.165, 1.54) is 38.4 Å². The fourth-order valence-corrected chi connectivity index (χ4v) is 3.12. The van der Waals surface area contributed by atoms with E-state index in [1.54, 1.807) is 12.1 Å². The average Bonchev–Trinajstić information content (AvgIpc) is 2.43. The zero-order valence-corrected chi connectivity index (χ0v) is 14.5. The Kier molecular flexibility index (Phi) is 7.40. The molecule has 4 heteroatoms. The summed E-state index contributed by atoms with van der Waals surface area (Å²) in [6.45, 7) is 6.56. The summed E-state index contributed by atoms with van der Waals surface area (Å²) in [6, 6.07) is 7.89. The van der Waals surface area contributed by atoms with Crippen LogP contribution in [-0.2, 0) is 9.84 Å². The molecular formula is C17H29NO2S. The van der Waals surface area contributed by atoms with Crippen molar-refractivity contribution >= 4 is 9.84 Å². The van der Waals surface area contributed by atoms with Crippen molar-refractivity contribution in [2.45, 2.75) is 69.9 Å². The largest absolute Gasteiger partial charge is 0.308 e. The van der Waals surface area contributed by atoms with Crippen LogP contribution in [0.1, 0.15) is 64.5 Å². The van der Waals surface area contributed by atoms with Gasteiger partial charge >= 0.3 is 0 Å². The van der Waals surface area contributed by atoms with Crippen LogP contribution in [-0.4, -0.2) is 20.7 Å². The molecule has 2 unspecified atom stereocenters. The predicted molar refractivity (Wildman–Crippen MR) is 89.3 cm³/mol. The molecule has 3 nitrogen and oxygen atoms in total. The van der Waals surface area contributed by atoms with E-state index >= 15 is 0 Å². The molecule has 0 aliphatic heterocycles. The van der Waals surface area contributed by atoms with Gasteiger partial charge in [-0.15, -0.1) is 0 Å². The van der Waals surface area contributed by atoms with Crippen LogP contribution >= 0.6 is 0 Å². The second kappa shape index (κ2) is 8.54. The van der Waals surface area contributed by atoms with Crippen LogP contribution in [0.15, 0.2) is 29.2 Å². The Balaban J connectivity index is 2.49. The molecule has 0 bridgehead atoms. The molecule has 0 saturated heterocycles. The van der Waals surface area contributed by atoms with Gasteiger partial charge in [0.05, 0.1) is 4.90 Å². The minimum Gasteiger partial charge on any atom is -0.308 e. The molecule has 120 valence electrons. The van der Waals surface area contributed by atoms with E-state index < -0.39 is 9.84 Å². The Morgan fingerprint density at radius 2 is 1.67 bits per heavy atom. The molecule has 21 heavy (non-hydrogen) atoms. The molecule has 0 fully saturated rings. The van der Waals surface area contributed by atoms with Crippen LogP contribution in [0.4, 0.5) is 0 Å². The number of nitrogens with one attached hydrogen (secondary N) is 1. The van der Waals surface area contributed by atoms with E-state index in [2.05, 4.69) is 26.1 Å². The third-order valence-electron chi connectivity index (χ3n) is 3.83. The van der Waals surface area contributed by atoms with Gasteiger partial charge in [-0.1, -0.05) is 44.7 Å². The fourth-order valence-electron chi connectivity index (χ4n) is 2.49. The normalized spacial score (nSPS) is 14.9. The Bertz CT molecular complexity index is 508. The van der Waals surface area contributed by atoms with Crippen LogP contribution in [0.5, 0.6) is 0 Å². The summed E-state index contributed by atoms with van der Waals surface area (Å²) < 4.78 is 22.9. The highest BCUT2D eigenvalue weighted by atomic mass is 32.2. The molecule has 2 atom stereocenters. The molecule has 0 amide bonds.